The Hall–Kier alpha value is -2.38. The molecule has 0 aliphatic heterocycles. The van der Waals surface area contributed by atoms with Crippen molar-refractivity contribution in [2.75, 3.05) is 6.61 Å². The molecule has 27 heavy (non-hydrogen) atoms. The van der Waals surface area contributed by atoms with E-state index in [4.69, 9.17) is 9.88 Å². The molecule has 2 aromatic carbocycles. The van der Waals surface area contributed by atoms with Gasteiger partial charge in [-0.3, -0.25) is 4.79 Å². The van der Waals surface area contributed by atoms with E-state index in [1.165, 1.54) is 12.1 Å². The zero-order chi connectivity index (χ0) is 20.2. The Labute approximate surface area is 160 Å². The van der Waals surface area contributed by atoms with Crippen molar-refractivity contribution in [3.8, 4) is 5.75 Å². The van der Waals surface area contributed by atoms with Crippen LogP contribution in [-0.2, 0) is 20.2 Å². The van der Waals surface area contributed by atoms with Gasteiger partial charge in [-0.2, -0.15) is 0 Å². The first-order valence-electron chi connectivity index (χ1n) is 8.63. The first kappa shape index (κ1) is 20.9. The van der Waals surface area contributed by atoms with Crippen LogP contribution < -0.4 is 15.2 Å². The van der Waals surface area contributed by atoms with Gasteiger partial charge in [0.15, 0.2) is 6.61 Å². The third-order valence-corrected chi connectivity index (χ3v) is 5.07. The average Bonchev–Trinajstić information content (AvgIpc) is 2.58. The summed E-state index contributed by atoms with van der Waals surface area (Å²) in [5.41, 5.74) is 1.71. The number of sulfonamides is 1. The van der Waals surface area contributed by atoms with Gasteiger partial charge in [0.1, 0.15) is 5.75 Å². The van der Waals surface area contributed by atoms with Gasteiger partial charge < -0.3 is 10.1 Å². The van der Waals surface area contributed by atoms with Crippen LogP contribution in [0.3, 0.4) is 0 Å². The number of hydrogen-bond donors (Lipinski definition) is 2. The Bertz CT molecular complexity index is 900. The van der Waals surface area contributed by atoms with Crippen LogP contribution in [0.4, 0.5) is 0 Å². The van der Waals surface area contributed by atoms with Gasteiger partial charge in [0, 0.05) is 0 Å². The largest absolute Gasteiger partial charge is 0.483 e. The summed E-state index contributed by atoms with van der Waals surface area (Å²) in [7, 11) is -3.73. The summed E-state index contributed by atoms with van der Waals surface area (Å²) < 4.78 is 28.3. The highest BCUT2D eigenvalue weighted by Crippen LogP contribution is 2.30. The maximum Gasteiger partial charge on any atom is 0.258 e. The van der Waals surface area contributed by atoms with Crippen LogP contribution in [0.25, 0.3) is 0 Å². The number of nitrogens with one attached hydrogen (secondary N) is 1. The Morgan fingerprint density at radius 3 is 2.26 bits per heavy atom. The number of ether oxygens (including phenoxy) is 1. The van der Waals surface area contributed by atoms with Crippen LogP contribution in [-0.4, -0.2) is 20.9 Å². The number of carbonyl (C=O) groups excluding carboxylic acids is 1. The van der Waals surface area contributed by atoms with Gasteiger partial charge >= 0.3 is 0 Å². The molecule has 0 bridgehead atoms. The minimum atomic E-state index is -3.73. The molecule has 0 aliphatic carbocycles. The van der Waals surface area contributed by atoms with E-state index in [0.29, 0.717) is 5.75 Å². The molecule has 0 heterocycles. The van der Waals surface area contributed by atoms with E-state index in [1.807, 2.05) is 31.2 Å². The molecule has 2 rings (SSSR count). The lowest BCUT2D eigenvalue weighted by Crippen LogP contribution is -2.31. The highest BCUT2D eigenvalue weighted by atomic mass is 32.2. The number of para-hydroxylation sites is 1. The summed E-state index contributed by atoms with van der Waals surface area (Å²) in [6, 6.07) is 13.5. The molecule has 0 aromatic heterocycles. The average molecular weight is 391 g/mol. The maximum absolute atomic E-state index is 12.2. The molecule has 0 spiro atoms. The van der Waals surface area contributed by atoms with E-state index in [0.717, 1.165) is 11.1 Å². The predicted octanol–water partition coefficient (Wildman–Crippen LogP) is 2.89. The first-order valence-corrected chi connectivity index (χ1v) is 10.2. The number of hydrogen-bond acceptors (Lipinski definition) is 4. The molecule has 0 radical (unpaired) electrons. The van der Waals surface area contributed by atoms with Crippen LogP contribution in [0.5, 0.6) is 5.75 Å². The molecular weight excluding hydrogens is 364 g/mol. The molecule has 1 atom stereocenters. The van der Waals surface area contributed by atoms with Gasteiger partial charge in [0.05, 0.1) is 10.9 Å². The van der Waals surface area contributed by atoms with Crippen molar-refractivity contribution in [1.29, 1.82) is 0 Å². The van der Waals surface area contributed by atoms with Crippen LogP contribution in [0, 0.1) is 0 Å². The number of nitrogens with two attached hydrogens (primary N) is 1. The summed E-state index contributed by atoms with van der Waals surface area (Å²) >= 11 is 0. The summed E-state index contributed by atoms with van der Waals surface area (Å²) in [4.78, 5) is 12.3. The second kappa shape index (κ2) is 8.10. The molecule has 1 amide bonds. The van der Waals surface area contributed by atoms with E-state index >= 15 is 0 Å². The van der Waals surface area contributed by atoms with Crippen molar-refractivity contribution in [2.45, 2.75) is 44.0 Å². The molecule has 0 fully saturated rings. The Morgan fingerprint density at radius 1 is 1.11 bits per heavy atom. The molecule has 2 aromatic rings. The van der Waals surface area contributed by atoms with Gasteiger partial charge in [-0.15, -0.1) is 0 Å². The normalized spacial score (nSPS) is 13.1. The monoisotopic (exact) mass is 390 g/mol. The van der Waals surface area contributed by atoms with E-state index in [2.05, 4.69) is 26.1 Å². The SMILES string of the molecule is CC(NC(=O)COc1ccccc1C(C)(C)C)c1ccc(S(N)(=O)=O)cc1. The molecule has 0 aliphatic rings. The zero-order valence-electron chi connectivity index (χ0n) is 16.0. The smallest absolute Gasteiger partial charge is 0.258 e. The van der Waals surface area contributed by atoms with Crippen molar-refractivity contribution >= 4 is 15.9 Å². The second-order valence-electron chi connectivity index (χ2n) is 7.44. The second-order valence-corrected chi connectivity index (χ2v) is 9.00. The molecule has 0 saturated carbocycles. The first-order chi connectivity index (χ1) is 12.5. The minimum Gasteiger partial charge on any atom is -0.483 e. The van der Waals surface area contributed by atoms with E-state index in [-0.39, 0.29) is 28.9 Å². The summed E-state index contributed by atoms with van der Waals surface area (Å²) in [5, 5.41) is 7.93. The topological polar surface area (TPSA) is 98.5 Å². The lowest BCUT2D eigenvalue weighted by atomic mass is 9.86. The third-order valence-electron chi connectivity index (χ3n) is 4.14. The van der Waals surface area contributed by atoms with Crippen molar-refractivity contribution in [3.63, 3.8) is 0 Å². The van der Waals surface area contributed by atoms with Gasteiger partial charge in [-0.25, -0.2) is 13.6 Å². The van der Waals surface area contributed by atoms with Gasteiger partial charge in [-0.05, 0) is 41.7 Å². The summed E-state index contributed by atoms with van der Waals surface area (Å²) in [5.74, 6) is 0.423. The van der Waals surface area contributed by atoms with Crippen LogP contribution in [0.15, 0.2) is 53.4 Å². The maximum atomic E-state index is 12.2. The highest BCUT2D eigenvalue weighted by Gasteiger charge is 2.19. The van der Waals surface area contributed by atoms with Crippen molar-refractivity contribution in [2.24, 2.45) is 5.14 Å². The number of amides is 1. The minimum absolute atomic E-state index is 0.0342. The van der Waals surface area contributed by atoms with Crippen molar-refractivity contribution in [3.05, 3.63) is 59.7 Å². The number of primary sulfonamides is 1. The fraction of sp³-hybridized carbons (Fsp3) is 0.350. The Morgan fingerprint density at radius 2 is 1.70 bits per heavy atom. The predicted molar refractivity (Wildman–Crippen MR) is 105 cm³/mol. The number of benzene rings is 2. The lowest BCUT2D eigenvalue weighted by Gasteiger charge is -2.23. The third kappa shape index (κ3) is 5.80. The van der Waals surface area contributed by atoms with Crippen molar-refractivity contribution < 1.29 is 17.9 Å². The fourth-order valence-electron chi connectivity index (χ4n) is 2.67. The zero-order valence-corrected chi connectivity index (χ0v) is 16.8. The molecule has 3 N–H and O–H groups in total. The molecular formula is C20H26N2O4S. The van der Waals surface area contributed by atoms with Gasteiger partial charge in [0.2, 0.25) is 10.0 Å². The molecule has 6 nitrogen and oxygen atoms in total. The van der Waals surface area contributed by atoms with Crippen LogP contribution >= 0.6 is 0 Å². The molecule has 0 saturated heterocycles. The summed E-state index contributed by atoms with van der Waals surface area (Å²) in [6.07, 6.45) is 0. The lowest BCUT2D eigenvalue weighted by molar-refractivity contribution is -0.123. The fourth-order valence-corrected chi connectivity index (χ4v) is 3.18. The number of carbonyl (C=O) groups is 1. The van der Waals surface area contributed by atoms with E-state index < -0.39 is 10.0 Å². The molecule has 7 heteroatoms. The van der Waals surface area contributed by atoms with Crippen LogP contribution in [0.2, 0.25) is 0 Å². The Balaban J connectivity index is 1.98. The van der Waals surface area contributed by atoms with Gasteiger partial charge in [0.25, 0.3) is 5.91 Å². The highest BCUT2D eigenvalue weighted by molar-refractivity contribution is 7.89. The van der Waals surface area contributed by atoms with Crippen molar-refractivity contribution in [1.82, 2.24) is 5.32 Å². The molecule has 1 unspecified atom stereocenters. The van der Waals surface area contributed by atoms with E-state index in [9.17, 15) is 13.2 Å². The quantitative estimate of drug-likeness (QED) is 0.792. The Kier molecular flexibility index (Phi) is 6.28. The van der Waals surface area contributed by atoms with Gasteiger partial charge in [-0.1, -0.05) is 51.1 Å². The molecule has 146 valence electrons. The standard InChI is InChI=1S/C20H26N2O4S/c1-14(15-9-11-16(12-10-15)27(21,24)25)22-19(23)13-26-18-8-6-5-7-17(18)20(2,3)4/h5-12,14H,13H2,1-4H3,(H,22,23)(H2,21,24,25). The summed E-state index contributed by atoms with van der Waals surface area (Å²) in [6.45, 7) is 7.97. The number of rotatable bonds is 6. The van der Waals surface area contributed by atoms with E-state index in [1.54, 1.807) is 12.1 Å². The van der Waals surface area contributed by atoms with Crippen LogP contribution in [0.1, 0.15) is 44.9 Å².